The van der Waals surface area contributed by atoms with E-state index in [0.717, 1.165) is 16.3 Å². The molecule has 3 aromatic carbocycles. The van der Waals surface area contributed by atoms with Gasteiger partial charge in [0.15, 0.2) is 0 Å². The minimum Gasteiger partial charge on any atom is -0.478 e. The highest BCUT2D eigenvalue weighted by Gasteiger charge is 2.06. The number of carboxylic acid groups (broad SMARTS) is 1. The van der Waals surface area contributed by atoms with Crippen molar-refractivity contribution in [2.75, 3.05) is 0 Å². The van der Waals surface area contributed by atoms with Crippen molar-refractivity contribution in [3.63, 3.8) is 0 Å². The molecule has 5 heteroatoms. The maximum atomic E-state index is 11.0. The monoisotopic (exact) mass is 375 g/mol. The van der Waals surface area contributed by atoms with Crippen molar-refractivity contribution in [1.29, 1.82) is 0 Å². The predicted octanol–water partition coefficient (Wildman–Crippen LogP) is 5.68. The van der Waals surface area contributed by atoms with Gasteiger partial charge in [-0.2, -0.15) is 0 Å². The largest absolute Gasteiger partial charge is 0.478 e. The average molecular weight is 376 g/mol. The first-order valence-corrected chi connectivity index (χ1v) is 8.65. The molecule has 1 N–H and O–H groups in total. The fourth-order valence-corrected chi connectivity index (χ4v) is 2.91. The minimum atomic E-state index is -0.962. The van der Waals surface area contributed by atoms with Crippen LogP contribution in [0.25, 0.3) is 22.3 Å². The highest BCUT2D eigenvalue weighted by molar-refractivity contribution is 6.30. The second-order valence-corrected chi connectivity index (χ2v) is 6.40. The standard InChI is InChI=1S/C22H14ClNO3/c23-16-9-5-14(6-10-16)21-13-19(18-3-1-2-4-20(18)27-21)24-17-11-7-15(8-12-17)22(25)26/h1-13H,(H,25,26). The molecule has 0 fully saturated rings. The number of hydrogen-bond donors (Lipinski definition) is 1. The van der Waals surface area contributed by atoms with Gasteiger partial charge in [0, 0.05) is 22.0 Å². The van der Waals surface area contributed by atoms with Gasteiger partial charge in [0.1, 0.15) is 11.3 Å². The summed E-state index contributed by atoms with van der Waals surface area (Å²) in [5, 5.41) is 11.3. The zero-order valence-electron chi connectivity index (χ0n) is 14.1. The molecule has 0 saturated carbocycles. The molecule has 4 nitrogen and oxygen atoms in total. The van der Waals surface area contributed by atoms with E-state index in [1.54, 1.807) is 12.1 Å². The second-order valence-electron chi connectivity index (χ2n) is 5.96. The van der Waals surface area contributed by atoms with E-state index in [-0.39, 0.29) is 5.56 Å². The number of para-hydroxylation sites is 1. The van der Waals surface area contributed by atoms with Gasteiger partial charge < -0.3 is 9.52 Å². The van der Waals surface area contributed by atoms with Crippen LogP contribution in [0.1, 0.15) is 10.4 Å². The zero-order valence-corrected chi connectivity index (χ0v) is 14.9. The third-order valence-corrected chi connectivity index (χ3v) is 4.40. The predicted molar refractivity (Wildman–Crippen MR) is 105 cm³/mol. The van der Waals surface area contributed by atoms with Gasteiger partial charge in [-0.3, -0.25) is 0 Å². The SMILES string of the molecule is O=C(O)c1ccc(N=c2cc(-c3ccc(Cl)cc3)oc3ccccc23)cc1. The van der Waals surface area contributed by atoms with Crippen molar-refractivity contribution in [2.24, 2.45) is 4.99 Å². The number of carbonyl (C=O) groups is 1. The molecule has 0 atom stereocenters. The van der Waals surface area contributed by atoms with Crippen LogP contribution in [-0.4, -0.2) is 11.1 Å². The van der Waals surface area contributed by atoms with E-state index in [2.05, 4.69) is 0 Å². The molecule has 0 amide bonds. The Kier molecular flexibility index (Phi) is 4.48. The Labute approximate surface area is 160 Å². The van der Waals surface area contributed by atoms with E-state index in [1.807, 2.05) is 54.6 Å². The van der Waals surface area contributed by atoms with Crippen molar-refractivity contribution < 1.29 is 14.3 Å². The first-order valence-electron chi connectivity index (χ1n) is 8.27. The van der Waals surface area contributed by atoms with E-state index in [9.17, 15) is 4.79 Å². The summed E-state index contributed by atoms with van der Waals surface area (Å²) >= 11 is 5.98. The van der Waals surface area contributed by atoms with Gasteiger partial charge in [0.25, 0.3) is 0 Å². The Morgan fingerprint density at radius 2 is 1.63 bits per heavy atom. The summed E-state index contributed by atoms with van der Waals surface area (Å²) in [4.78, 5) is 15.7. The molecule has 1 heterocycles. The highest BCUT2D eigenvalue weighted by Crippen LogP contribution is 2.24. The van der Waals surface area contributed by atoms with Gasteiger partial charge in [0.2, 0.25) is 0 Å². The van der Waals surface area contributed by atoms with E-state index in [4.69, 9.17) is 26.1 Å². The number of carboxylic acids is 1. The minimum absolute atomic E-state index is 0.226. The van der Waals surface area contributed by atoms with Crippen molar-refractivity contribution in [1.82, 2.24) is 0 Å². The quantitative estimate of drug-likeness (QED) is 0.500. The lowest BCUT2D eigenvalue weighted by atomic mass is 10.1. The Hall–Kier alpha value is -3.37. The lowest BCUT2D eigenvalue weighted by molar-refractivity contribution is 0.0697. The van der Waals surface area contributed by atoms with E-state index < -0.39 is 5.97 Å². The number of aromatic carboxylic acids is 1. The normalized spacial score (nSPS) is 11.7. The fourth-order valence-electron chi connectivity index (χ4n) is 2.78. The van der Waals surface area contributed by atoms with Crippen LogP contribution in [0, 0.1) is 0 Å². The molecule has 0 aliphatic carbocycles. The second kappa shape index (κ2) is 7.09. The molecule has 0 radical (unpaired) electrons. The van der Waals surface area contributed by atoms with Crippen LogP contribution in [0.15, 0.2) is 88.3 Å². The van der Waals surface area contributed by atoms with Crippen LogP contribution in [-0.2, 0) is 0 Å². The lowest BCUT2D eigenvalue weighted by Crippen LogP contribution is -2.03. The summed E-state index contributed by atoms with van der Waals surface area (Å²) in [6, 6.07) is 23.4. The van der Waals surface area contributed by atoms with Crippen LogP contribution in [0.4, 0.5) is 5.69 Å². The lowest BCUT2D eigenvalue weighted by Gasteiger charge is -2.05. The van der Waals surface area contributed by atoms with Gasteiger partial charge in [-0.1, -0.05) is 23.7 Å². The van der Waals surface area contributed by atoms with Gasteiger partial charge in [-0.05, 0) is 60.7 Å². The molecule has 132 valence electrons. The summed E-state index contributed by atoms with van der Waals surface area (Å²) in [6.07, 6.45) is 0. The molecule has 0 unspecified atom stereocenters. The van der Waals surface area contributed by atoms with Crippen LogP contribution in [0.2, 0.25) is 5.02 Å². The van der Waals surface area contributed by atoms with Crippen LogP contribution < -0.4 is 5.36 Å². The van der Waals surface area contributed by atoms with Crippen molar-refractivity contribution in [3.05, 3.63) is 94.8 Å². The molecule has 1 aromatic heterocycles. The van der Waals surface area contributed by atoms with Gasteiger partial charge >= 0.3 is 5.97 Å². The van der Waals surface area contributed by atoms with E-state index in [1.165, 1.54) is 12.1 Å². The summed E-state index contributed by atoms with van der Waals surface area (Å²) in [6.45, 7) is 0. The van der Waals surface area contributed by atoms with Crippen molar-refractivity contribution in [2.45, 2.75) is 0 Å². The molecular weight excluding hydrogens is 362 g/mol. The summed E-state index contributed by atoms with van der Waals surface area (Å²) < 4.78 is 6.04. The van der Waals surface area contributed by atoms with Crippen molar-refractivity contribution >= 4 is 34.2 Å². The first kappa shape index (κ1) is 17.1. The molecule has 0 bridgehead atoms. The number of fused-ring (bicyclic) bond motifs is 1. The molecule has 0 aliphatic heterocycles. The summed E-state index contributed by atoms with van der Waals surface area (Å²) in [5.74, 6) is -0.290. The molecule has 0 saturated heterocycles. The molecular formula is C22H14ClNO3. The van der Waals surface area contributed by atoms with Crippen LogP contribution in [0.3, 0.4) is 0 Å². The molecule has 4 rings (SSSR count). The average Bonchev–Trinajstić information content (AvgIpc) is 2.69. The third kappa shape index (κ3) is 3.61. The van der Waals surface area contributed by atoms with E-state index in [0.29, 0.717) is 22.1 Å². The fraction of sp³-hybridized carbons (Fsp3) is 0. The zero-order chi connectivity index (χ0) is 18.8. The molecule has 0 aliphatic rings. The molecule has 4 aromatic rings. The van der Waals surface area contributed by atoms with Gasteiger partial charge in [-0.15, -0.1) is 0 Å². The number of benzene rings is 3. The number of rotatable bonds is 3. The van der Waals surface area contributed by atoms with Crippen molar-refractivity contribution in [3.8, 4) is 11.3 Å². The Bertz CT molecular complexity index is 1190. The Balaban J connectivity index is 1.90. The Morgan fingerprint density at radius 1 is 0.926 bits per heavy atom. The maximum Gasteiger partial charge on any atom is 0.335 e. The number of hydrogen-bond acceptors (Lipinski definition) is 3. The topological polar surface area (TPSA) is 62.8 Å². The highest BCUT2D eigenvalue weighted by atomic mass is 35.5. The van der Waals surface area contributed by atoms with E-state index >= 15 is 0 Å². The Morgan fingerprint density at radius 3 is 2.33 bits per heavy atom. The molecule has 0 spiro atoms. The first-order chi connectivity index (χ1) is 13.1. The maximum absolute atomic E-state index is 11.0. The molecule has 27 heavy (non-hydrogen) atoms. The van der Waals surface area contributed by atoms with Gasteiger partial charge in [-0.25, -0.2) is 9.79 Å². The third-order valence-electron chi connectivity index (χ3n) is 4.14. The van der Waals surface area contributed by atoms with Crippen LogP contribution >= 0.6 is 11.6 Å². The summed E-state index contributed by atoms with van der Waals surface area (Å²) in [7, 11) is 0. The summed E-state index contributed by atoms with van der Waals surface area (Å²) in [5.41, 5.74) is 2.50. The smallest absolute Gasteiger partial charge is 0.335 e. The van der Waals surface area contributed by atoms with Gasteiger partial charge in [0.05, 0.1) is 16.6 Å². The van der Waals surface area contributed by atoms with Crippen LogP contribution in [0.5, 0.6) is 0 Å². The number of halogens is 1. The number of nitrogens with zero attached hydrogens (tertiary/aromatic N) is 1.